The monoisotopic (exact) mass is 318 g/mol. The Kier molecular flexibility index (Phi) is 3.90. The SMILES string of the molecule is Cc1ccc(C(=O)Nc2cccc(N)c2C)c(Br)c1. The van der Waals surface area contributed by atoms with E-state index in [1.54, 1.807) is 6.07 Å². The van der Waals surface area contributed by atoms with Crippen molar-refractivity contribution in [1.29, 1.82) is 0 Å². The normalized spacial score (nSPS) is 10.3. The first-order chi connectivity index (χ1) is 8.99. The number of amides is 1. The Labute approximate surface area is 121 Å². The molecule has 19 heavy (non-hydrogen) atoms. The van der Waals surface area contributed by atoms with Gasteiger partial charge in [-0.25, -0.2) is 0 Å². The van der Waals surface area contributed by atoms with Gasteiger partial charge in [-0.15, -0.1) is 0 Å². The van der Waals surface area contributed by atoms with Crippen LogP contribution < -0.4 is 11.1 Å². The van der Waals surface area contributed by atoms with Crippen LogP contribution >= 0.6 is 15.9 Å². The van der Waals surface area contributed by atoms with Crippen molar-refractivity contribution in [1.82, 2.24) is 0 Å². The molecule has 0 saturated carbocycles. The van der Waals surface area contributed by atoms with Crippen LogP contribution in [-0.2, 0) is 0 Å². The maximum atomic E-state index is 12.2. The van der Waals surface area contributed by atoms with Crippen molar-refractivity contribution < 1.29 is 4.79 Å². The van der Waals surface area contributed by atoms with Gasteiger partial charge in [0.1, 0.15) is 0 Å². The minimum Gasteiger partial charge on any atom is -0.398 e. The average molecular weight is 319 g/mol. The summed E-state index contributed by atoms with van der Waals surface area (Å²) in [4.78, 5) is 12.2. The zero-order valence-corrected chi connectivity index (χ0v) is 12.4. The predicted molar refractivity (Wildman–Crippen MR) is 82.4 cm³/mol. The van der Waals surface area contributed by atoms with Crippen LogP contribution in [-0.4, -0.2) is 5.91 Å². The summed E-state index contributed by atoms with van der Waals surface area (Å²) in [5, 5.41) is 2.88. The Morgan fingerprint density at radius 2 is 1.95 bits per heavy atom. The Morgan fingerprint density at radius 1 is 1.21 bits per heavy atom. The first kappa shape index (κ1) is 13.6. The lowest BCUT2D eigenvalue weighted by atomic mass is 10.1. The van der Waals surface area contributed by atoms with Crippen molar-refractivity contribution in [3.63, 3.8) is 0 Å². The number of nitrogens with two attached hydrogens (primary N) is 1. The van der Waals surface area contributed by atoms with Gasteiger partial charge in [0.25, 0.3) is 5.91 Å². The minimum atomic E-state index is -0.152. The summed E-state index contributed by atoms with van der Waals surface area (Å²) in [5.74, 6) is -0.152. The molecule has 98 valence electrons. The third-order valence-electron chi connectivity index (χ3n) is 2.99. The number of aryl methyl sites for hydroxylation is 1. The molecule has 1 amide bonds. The topological polar surface area (TPSA) is 55.1 Å². The van der Waals surface area contributed by atoms with E-state index in [9.17, 15) is 4.79 Å². The van der Waals surface area contributed by atoms with Crippen molar-refractivity contribution in [3.05, 3.63) is 57.6 Å². The number of rotatable bonds is 2. The highest BCUT2D eigenvalue weighted by molar-refractivity contribution is 9.10. The van der Waals surface area contributed by atoms with Crippen molar-refractivity contribution in [2.75, 3.05) is 11.1 Å². The quantitative estimate of drug-likeness (QED) is 0.825. The summed E-state index contributed by atoms with van der Waals surface area (Å²) in [7, 11) is 0. The van der Waals surface area contributed by atoms with E-state index >= 15 is 0 Å². The van der Waals surface area contributed by atoms with Crippen LogP contribution in [0.15, 0.2) is 40.9 Å². The molecule has 4 heteroatoms. The summed E-state index contributed by atoms with van der Waals surface area (Å²) < 4.78 is 0.784. The standard InChI is InChI=1S/C15H15BrN2O/c1-9-6-7-11(12(16)8-9)15(19)18-14-5-3-4-13(17)10(14)2/h3-8H,17H2,1-2H3,(H,18,19). The third-order valence-corrected chi connectivity index (χ3v) is 3.65. The highest BCUT2D eigenvalue weighted by Crippen LogP contribution is 2.23. The van der Waals surface area contributed by atoms with Gasteiger partial charge in [-0.1, -0.05) is 12.1 Å². The lowest BCUT2D eigenvalue weighted by Crippen LogP contribution is -2.14. The Hall–Kier alpha value is -1.81. The van der Waals surface area contributed by atoms with Gasteiger partial charge >= 0.3 is 0 Å². The zero-order chi connectivity index (χ0) is 14.0. The second kappa shape index (κ2) is 5.45. The van der Waals surface area contributed by atoms with Crippen LogP contribution in [0.2, 0.25) is 0 Å². The summed E-state index contributed by atoms with van der Waals surface area (Å²) in [6, 6.07) is 11.1. The highest BCUT2D eigenvalue weighted by Gasteiger charge is 2.11. The molecule has 0 aromatic heterocycles. The first-order valence-corrected chi connectivity index (χ1v) is 6.71. The van der Waals surface area contributed by atoms with Gasteiger partial charge in [-0.05, 0) is 65.2 Å². The third kappa shape index (κ3) is 2.96. The molecular formula is C15H15BrN2O. The Morgan fingerprint density at radius 3 is 2.63 bits per heavy atom. The molecule has 0 radical (unpaired) electrons. The fourth-order valence-electron chi connectivity index (χ4n) is 1.78. The van der Waals surface area contributed by atoms with Crippen LogP contribution in [0.3, 0.4) is 0 Å². The van der Waals surface area contributed by atoms with Crippen LogP contribution in [0.25, 0.3) is 0 Å². The fourth-order valence-corrected chi connectivity index (χ4v) is 2.46. The molecule has 3 N–H and O–H groups in total. The number of carbonyl (C=O) groups excluding carboxylic acids is 1. The number of halogens is 1. The molecule has 0 spiro atoms. The van der Waals surface area contributed by atoms with Gasteiger partial charge in [0, 0.05) is 15.8 Å². The second-order valence-corrected chi connectivity index (χ2v) is 5.31. The molecule has 2 aromatic carbocycles. The zero-order valence-electron chi connectivity index (χ0n) is 10.8. The van der Waals surface area contributed by atoms with Crippen LogP contribution in [0.4, 0.5) is 11.4 Å². The minimum absolute atomic E-state index is 0.152. The molecular weight excluding hydrogens is 304 g/mol. The van der Waals surface area contributed by atoms with Gasteiger partial charge < -0.3 is 11.1 Å². The van der Waals surface area contributed by atoms with E-state index in [0.717, 1.165) is 21.3 Å². The van der Waals surface area contributed by atoms with E-state index in [1.165, 1.54) is 0 Å². The van der Waals surface area contributed by atoms with Crippen molar-refractivity contribution >= 4 is 33.2 Å². The molecule has 3 nitrogen and oxygen atoms in total. The van der Waals surface area contributed by atoms with Gasteiger partial charge in [0.05, 0.1) is 5.56 Å². The predicted octanol–water partition coefficient (Wildman–Crippen LogP) is 3.90. The van der Waals surface area contributed by atoms with Crippen molar-refractivity contribution in [3.8, 4) is 0 Å². The van der Waals surface area contributed by atoms with E-state index in [-0.39, 0.29) is 5.91 Å². The summed E-state index contributed by atoms with van der Waals surface area (Å²) in [5.41, 5.74) is 9.80. The molecule has 0 bridgehead atoms. The number of nitrogen functional groups attached to an aromatic ring is 1. The van der Waals surface area contributed by atoms with Crippen molar-refractivity contribution in [2.45, 2.75) is 13.8 Å². The Bertz CT molecular complexity index is 638. The average Bonchev–Trinajstić information content (AvgIpc) is 2.34. The molecule has 0 aliphatic heterocycles. The maximum absolute atomic E-state index is 12.2. The molecule has 0 aliphatic rings. The van der Waals surface area contributed by atoms with Gasteiger partial charge in [0.15, 0.2) is 0 Å². The summed E-state index contributed by atoms with van der Waals surface area (Å²) >= 11 is 3.41. The van der Waals surface area contributed by atoms with Gasteiger partial charge in [-0.3, -0.25) is 4.79 Å². The van der Waals surface area contributed by atoms with E-state index in [0.29, 0.717) is 11.3 Å². The number of carbonyl (C=O) groups is 1. The molecule has 0 heterocycles. The largest absolute Gasteiger partial charge is 0.398 e. The first-order valence-electron chi connectivity index (χ1n) is 5.91. The van der Waals surface area contributed by atoms with E-state index in [2.05, 4.69) is 21.2 Å². The smallest absolute Gasteiger partial charge is 0.256 e. The van der Waals surface area contributed by atoms with E-state index in [1.807, 2.05) is 44.2 Å². The lowest BCUT2D eigenvalue weighted by molar-refractivity contribution is 0.102. The number of hydrogen-bond donors (Lipinski definition) is 2. The molecule has 2 rings (SSSR count). The van der Waals surface area contributed by atoms with Crippen LogP contribution in [0.1, 0.15) is 21.5 Å². The van der Waals surface area contributed by atoms with Gasteiger partial charge in [0.2, 0.25) is 0 Å². The molecule has 0 aliphatic carbocycles. The van der Waals surface area contributed by atoms with E-state index < -0.39 is 0 Å². The number of benzene rings is 2. The summed E-state index contributed by atoms with van der Waals surface area (Å²) in [6.07, 6.45) is 0. The van der Waals surface area contributed by atoms with E-state index in [4.69, 9.17) is 5.73 Å². The van der Waals surface area contributed by atoms with Crippen molar-refractivity contribution in [2.24, 2.45) is 0 Å². The molecule has 0 unspecified atom stereocenters. The lowest BCUT2D eigenvalue weighted by Gasteiger charge is -2.11. The van der Waals surface area contributed by atoms with Crippen LogP contribution in [0.5, 0.6) is 0 Å². The maximum Gasteiger partial charge on any atom is 0.256 e. The number of nitrogens with one attached hydrogen (secondary N) is 1. The highest BCUT2D eigenvalue weighted by atomic mass is 79.9. The fraction of sp³-hybridized carbons (Fsp3) is 0.133. The number of anilines is 2. The van der Waals surface area contributed by atoms with Crippen LogP contribution in [0, 0.1) is 13.8 Å². The second-order valence-electron chi connectivity index (χ2n) is 4.46. The molecule has 0 fully saturated rings. The van der Waals surface area contributed by atoms with Gasteiger partial charge in [-0.2, -0.15) is 0 Å². The molecule has 0 atom stereocenters. The number of hydrogen-bond acceptors (Lipinski definition) is 2. The molecule has 2 aromatic rings. The Balaban J connectivity index is 2.28. The molecule has 0 saturated heterocycles. The summed E-state index contributed by atoms with van der Waals surface area (Å²) in [6.45, 7) is 3.86.